The smallest absolute Gasteiger partial charge is 0.188 e. The molecular weight excluding hydrogens is 276 g/mol. The largest absolute Gasteiger partial charge is 0.432 e. The van der Waals surface area contributed by atoms with Crippen molar-refractivity contribution in [2.75, 3.05) is 11.9 Å². The lowest BCUT2D eigenvalue weighted by atomic mass is 9.83. The fraction of sp³-hybridized carbons (Fsp3) is 0.588. The molecule has 1 rings (SSSR count). The summed E-state index contributed by atoms with van der Waals surface area (Å²) in [4.78, 5) is 10.4. The Morgan fingerprint density at radius 2 is 1.67 bits per heavy atom. The van der Waals surface area contributed by atoms with E-state index in [1.54, 1.807) is 0 Å². The van der Waals surface area contributed by atoms with Gasteiger partial charge in [-0.1, -0.05) is 27.7 Å². The van der Waals surface area contributed by atoms with Crippen LogP contribution in [-0.2, 0) is 0 Å². The topological polar surface area (TPSA) is 56.0 Å². The number of anilines is 1. The van der Waals surface area contributed by atoms with Crippen molar-refractivity contribution in [2.24, 2.45) is 5.41 Å². The summed E-state index contributed by atoms with van der Waals surface area (Å²) in [6, 6.07) is 9.64. The van der Waals surface area contributed by atoms with Crippen LogP contribution >= 0.6 is 0 Å². The van der Waals surface area contributed by atoms with Crippen LogP contribution < -0.4 is 5.32 Å². The molecule has 1 aromatic rings. The third-order valence-corrected chi connectivity index (χ3v) is 7.85. The van der Waals surface area contributed by atoms with E-state index in [1.165, 1.54) is 0 Å². The van der Waals surface area contributed by atoms with Gasteiger partial charge in [0.2, 0.25) is 0 Å². The maximum Gasteiger partial charge on any atom is 0.188 e. The summed E-state index contributed by atoms with van der Waals surface area (Å²) in [6.45, 7) is 13.7. The summed E-state index contributed by atoms with van der Waals surface area (Å²) in [5.41, 5.74) is 1.79. The minimum Gasteiger partial charge on any atom is -0.432 e. The first-order valence-corrected chi connectivity index (χ1v) is 10.4. The highest BCUT2D eigenvalue weighted by Crippen LogP contribution is 2.45. The first-order valence-electron chi connectivity index (χ1n) is 7.43. The molecule has 0 saturated carbocycles. The van der Waals surface area contributed by atoms with Crippen LogP contribution in [0.1, 0.15) is 39.7 Å². The number of hydrogen-bond donors (Lipinski definition) is 2. The molecule has 1 aromatic carbocycles. The second-order valence-corrected chi connectivity index (χ2v) is 12.3. The number of nitriles is 1. The van der Waals surface area contributed by atoms with E-state index in [4.69, 9.17) is 5.26 Å². The van der Waals surface area contributed by atoms with Gasteiger partial charge in [0.1, 0.15) is 0 Å². The molecule has 116 valence electrons. The van der Waals surface area contributed by atoms with Gasteiger partial charge in [-0.05, 0) is 54.2 Å². The second-order valence-electron chi connectivity index (χ2n) is 7.83. The van der Waals surface area contributed by atoms with Gasteiger partial charge >= 0.3 is 0 Å². The van der Waals surface area contributed by atoms with Crippen molar-refractivity contribution in [3.63, 3.8) is 0 Å². The van der Waals surface area contributed by atoms with Crippen LogP contribution in [0.25, 0.3) is 0 Å². The number of nitrogens with one attached hydrogen (secondary N) is 1. The van der Waals surface area contributed by atoms with Crippen LogP contribution in [0.4, 0.5) is 5.69 Å². The lowest BCUT2D eigenvalue weighted by molar-refractivity contribution is 0.292. The Morgan fingerprint density at radius 3 is 2.10 bits per heavy atom. The fourth-order valence-electron chi connectivity index (χ4n) is 2.48. The Kier molecular flexibility index (Phi) is 5.24. The zero-order valence-electron chi connectivity index (χ0n) is 14.1. The van der Waals surface area contributed by atoms with Gasteiger partial charge < -0.3 is 10.1 Å². The number of benzene rings is 1. The predicted octanol–water partition coefficient (Wildman–Crippen LogP) is 4.36. The molecule has 0 aliphatic rings. The Hall–Kier alpha value is -1.31. The fourth-order valence-corrected chi connectivity index (χ4v) is 3.39. The van der Waals surface area contributed by atoms with Gasteiger partial charge in [-0.3, -0.25) is 0 Å². The lowest BCUT2D eigenvalue weighted by Gasteiger charge is -2.41. The van der Waals surface area contributed by atoms with Gasteiger partial charge in [0.15, 0.2) is 8.32 Å². The van der Waals surface area contributed by atoms with E-state index in [-0.39, 0.29) is 10.5 Å². The molecule has 21 heavy (non-hydrogen) atoms. The van der Waals surface area contributed by atoms with Crippen LogP contribution in [0.5, 0.6) is 0 Å². The van der Waals surface area contributed by atoms with E-state index in [0.29, 0.717) is 5.56 Å². The molecule has 0 unspecified atom stereocenters. The van der Waals surface area contributed by atoms with Crippen molar-refractivity contribution in [3.05, 3.63) is 29.8 Å². The van der Waals surface area contributed by atoms with Gasteiger partial charge in [0.25, 0.3) is 0 Å². The molecule has 0 spiro atoms. The van der Waals surface area contributed by atoms with Crippen molar-refractivity contribution >= 4 is 14.0 Å². The molecule has 0 amide bonds. The van der Waals surface area contributed by atoms with E-state index >= 15 is 0 Å². The number of hydrogen-bond acceptors (Lipinski definition) is 3. The molecule has 0 fully saturated rings. The molecule has 0 atom stereocenters. The highest BCUT2D eigenvalue weighted by Gasteiger charge is 2.41. The highest BCUT2D eigenvalue weighted by molar-refractivity contribution is 6.72. The van der Waals surface area contributed by atoms with Gasteiger partial charge in [-0.15, -0.1) is 0 Å². The highest BCUT2D eigenvalue weighted by atomic mass is 28.4. The maximum atomic E-state index is 10.4. The average molecular weight is 305 g/mol. The van der Waals surface area contributed by atoms with Gasteiger partial charge in [0.05, 0.1) is 11.6 Å². The first-order chi connectivity index (χ1) is 9.47. The van der Waals surface area contributed by atoms with Crippen LogP contribution in [0, 0.1) is 16.7 Å². The SMILES string of the molecule is CC(C)(CNc1ccc(C#N)cc1)CC(C)(C)[Si](C)(C)O. The lowest BCUT2D eigenvalue weighted by Crippen LogP contribution is -2.42. The van der Waals surface area contributed by atoms with E-state index in [1.807, 2.05) is 37.4 Å². The van der Waals surface area contributed by atoms with Crippen molar-refractivity contribution < 1.29 is 4.80 Å². The summed E-state index contributed by atoms with van der Waals surface area (Å²) in [7, 11) is -2.18. The summed E-state index contributed by atoms with van der Waals surface area (Å²) in [6.07, 6.45) is 0.971. The van der Waals surface area contributed by atoms with Crippen LogP contribution in [-0.4, -0.2) is 19.7 Å². The van der Waals surface area contributed by atoms with E-state index in [0.717, 1.165) is 18.7 Å². The first kappa shape index (κ1) is 17.7. The Labute approximate surface area is 130 Å². The minimum absolute atomic E-state index is 0.0250. The summed E-state index contributed by atoms with van der Waals surface area (Å²) < 4.78 is 0. The molecule has 2 N–H and O–H groups in total. The summed E-state index contributed by atoms with van der Waals surface area (Å²) >= 11 is 0. The molecule has 0 radical (unpaired) electrons. The normalized spacial score (nSPS) is 12.9. The van der Waals surface area contributed by atoms with Crippen LogP contribution in [0.15, 0.2) is 24.3 Å². The van der Waals surface area contributed by atoms with E-state index < -0.39 is 8.32 Å². The van der Waals surface area contributed by atoms with Crippen molar-refractivity contribution in [2.45, 2.75) is 52.2 Å². The molecule has 0 aliphatic carbocycles. The van der Waals surface area contributed by atoms with E-state index in [9.17, 15) is 4.80 Å². The van der Waals surface area contributed by atoms with Crippen molar-refractivity contribution in [3.8, 4) is 6.07 Å². The average Bonchev–Trinajstić information content (AvgIpc) is 2.34. The monoisotopic (exact) mass is 304 g/mol. The third kappa shape index (κ3) is 5.18. The zero-order chi connectivity index (χ0) is 16.3. The standard InChI is InChI=1S/C17H28N2OSi/c1-16(2,12-17(3,4)21(5,6)20)13-19-15-9-7-14(11-18)8-10-15/h7-10,19-20H,12-13H2,1-6H3. The van der Waals surface area contributed by atoms with Crippen molar-refractivity contribution in [1.82, 2.24) is 0 Å². The quantitative estimate of drug-likeness (QED) is 0.768. The molecule has 0 bridgehead atoms. The Morgan fingerprint density at radius 1 is 1.14 bits per heavy atom. The zero-order valence-corrected chi connectivity index (χ0v) is 15.1. The number of rotatable bonds is 6. The molecule has 0 aliphatic heterocycles. The molecule has 3 nitrogen and oxygen atoms in total. The van der Waals surface area contributed by atoms with E-state index in [2.05, 4.69) is 39.1 Å². The Bertz CT molecular complexity index is 507. The van der Waals surface area contributed by atoms with Gasteiger partial charge in [-0.25, -0.2) is 0 Å². The molecule has 4 heteroatoms. The second kappa shape index (κ2) is 6.21. The minimum atomic E-state index is -2.18. The third-order valence-electron chi connectivity index (χ3n) is 4.36. The van der Waals surface area contributed by atoms with Gasteiger partial charge in [0, 0.05) is 12.2 Å². The summed E-state index contributed by atoms with van der Waals surface area (Å²) in [5.74, 6) is 0. The van der Waals surface area contributed by atoms with Crippen LogP contribution in [0.3, 0.4) is 0 Å². The molecule has 0 aromatic heterocycles. The number of nitrogens with zero attached hydrogens (tertiary/aromatic N) is 1. The van der Waals surface area contributed by atoms with Crippen molar-refractivity contribution in [1.29, 1.82) is 5.26 Å². The molecular formula is C17H28N2OSi. The maximum absolute atomic E-state index is 10.4. The molecule has 0 heterocycles. The predicted molar refractivity (Wildman–Crippen MR) is 91.8 cm³/mol. The van der Waals surface area contributed by atoms with Crippen LogP contribution in [0.2, 0.25) is 18.1 Å². The molecule has 0 saturated heterocycles. The van der Waals surface area contributed by atoms with Gasteiger partial charge in [-0.2, -0.15) is 5.26 Å². The Balaban J connectivity index is 2.66. The summed E-state index contributed by atoms with van der Waals surface area (Å²) in [5, 5.41) is 12.2.